The van der Waals surface area contributed by atoms with E-state index in [0.29, 0.717) is 0 Å². The molecule has 0 fully saturated rings. The topological polar surface area (TPSA) is 294 Å². The Morgan fingerprint density at radius 3 is 1.10 bits per heavy atom. The number of hydrogen-bond acceptors (Lipinski definition) is 15. The Hall–Kier alpha value is -1.47. The van der Waals surface area contributed by atoms with Crippen molar-refractivity contribution in [2.24, 2.45) is 0 Å². The number of aldehydes is 2. The number of hydrogen-bond donors (Lipinski definition) is 12. The van der Waals surface area contributed by atoms with Gasteiger partial charge in [-0.15, -0.1) is 0 Å². The molecule has 0 amide bonds. The smallest absolute Gasteiger partial charge is 0.189 e. The third-order valence-corrected chi connectivity index (χ3v) is 3.18. The van der Waals surface area contributed by atoms with Crippen LogP contribution in [-0.4, -0.2) is 155 Å². The first-order chi connectivity index (χ1) is 13.9. The van der Waals surface area contributed by atoms with Crippen LogP contribution >= 0.6 is 0 Å². The molecule has 0 saturated heterocycles. The maximum absolute atomic E-state index is 10.3. The second-order valence-electron chi connectivity index (χ2n) is 5.55. The molecule has 3 unspecified atom stereocenters. The van der Waals surface area contributed by atoms with Gasteiger partial charge in [-0.05, 0) is 0 Å². The van der Waals surface area contributed by atoms with E-state index in [-0.39, 0.29) is 12.6 Å². The zero-order valence-electron chi connectivity index (χ0n) is 15.7. The molecule has 0 bridgehead atoms. The summed E-state index contributed by atoms with van der Waals surface area (Å²) in [5.41, 5.74) is 0. The maximum Gasteiger partial charge on any atom is 0.189 e. The van der Waals surface area contributed by atoms with Crippen molar-refractivity contribution >= 4 is 18.4 Å². The summed E-state index contributed by atoms with van der Waals surface area (Å²) in [6.07, 6.45) is -12.4. The lowest BCUT2D eigenvalue weighted by molar-refractivity contribution is -0.137. The lowest BCUT2D eigenvalue weighted by Gasteiger charge is -2.16. The molecule has 30 heavy (non-hydrogen) atoms. The molecular weight excluding hydrogens is 420 g/mol. The standard InChI is InChI=1S/3C5H10O5/c3*6-1-3(8)5(10)4(9)2-7/h3,5-8,10H,1-2H2;2*1,3-5,7-10H,2H2/t3-,5+;3-,4+,5+;/m10./s1. The van der Waals surface area contributed by atoms with Gasteiger partial charge in [-0.25, -0.2) is 0 Å². The van der Waals surface area contributed by atoms with Crippen molar-refractivity contribution < 1.29 is 75.7 Å². The Morgan fingerprint density at radius 2 is 0.900 bits per heavy atom. The average molecular weight is 450 g/mol. The van der Waals surface area contributed by atoms with Crippen LogP contribution < -0.4 is 0 Å². The molecule has 0 radical (unpaired) electrons. The van der Waals surface area contributed by atoms with Gasteiger partial charge in [0.25, 0.3) is 0 Å². The minimum Gasteiger partial charge on any atom is -0.394 e. The zero-order valence-corrected chi connectivity index (χ0v) is 15.7. The quantitative estimate of drug-likeness (QED) is 0.123. The van der Waals surface area contributed by atoms with Gasteiger partial charge in [-0.2, -0.15) is 0 Å². The Balaban J connectivity index is -0.000000364. The van der Waals surface area contributed by atoms with Gasteiger partial charge < -0.3 is 70.9 Å². The van der Waals surface area contributed by atoms with Crippen LogP contribution in [-0.2, 0) is 14.4 Å². The fourth-order valence-electron chi connectivity index (χ4n) is 1.24. The molecule has 12 N–H and O–H groups in total. The van der Waals surface area contributed by atoms with E-state index in [2.05, 4.69) is 0 Å². The Bertz CT molecular complexity index is 422. The first-order valence-corrected chi connectivity index (χ1v) is 8.21. The first-order valence-electron chi connectivity index (χ1n) is 8.21. The minimum atomic E-state index is -1.69. The molecule has 0 spiro atoms. The van der Waals surface area contributed by atoms with Gasteiger partial charge in [0, 0.05) is 0 Å². The molecule has 0 heterocycles. The number of rotatable bonds is 12. The minimum absolute atomic E-state index is 0.0869. The number of carbonyl (C=O) groups is 3. The lowest BCUT2D eigenvalue weighted by Crippen LogP contribution is -2.40. The Labute approximate surface area is 170 Å². The van der Waals surface area contributed by atoms with E-state index in [1.807, 2.05) is 0 Å². The Kier molecular flexibility index (Phi) is 21.6. The molecule has 0 aliphatic rings. The number of ketones is 1. The van der Waals surface area contributed by atoms with Gasteiger partial charge in [0.2, 0.25) is 0 Å². The summed E-state index contributed by atoms with van der Waals surface area (Å²) in [6.45, 7) is -2.91. The van der Waals surface area contributed by atoms with Crippen molar-refractivity contribution in [1.82, 2.24) is 0 Å². The molecule has 0 saturated carbocycles. The maximum atomic E-state index is 10.3. The predicted octanol–water partition coefficient (Wildman–Crippen LogP) is -8.22. The van der Waals surface area contributed by atoms with E-state index in [1.165, 1.54) is 0 Å². The highest BCUT2D eigenvalue weighted by atomic mass is 16.4. The van der Waals surface area contributed by atoms with Crippen LogP contribution in [0.1, 0.15) is 0 Å². The highest BCUT2D eigenvalue weighted by molar-refractivity contribution is 5.84. The molecule has 0 rings (SSSR count). The summed E-state index contributed by atoms with van der Waals surface area (Å²) in [5, 5.41) is 102. The SMILES string of the molecule is O=C(CO)[C@@H](O)[C@H](O)CO.O=CC(O)C(O)C(O)CO.O=C[C@H](O)[C@@H](O)[C@H](O)CO. The lowest BCUT2D eigenvalue weighted by atomic mass is 10.1. The average Bonchev–Trinajstić information content (AvgIpc) is 2.79. The molecule has 0 aliphatic carbocycles. The van der Waals surface area contributed by atoms with E-state index < -0.39 is 81.0 Å². The monoisotopic (exact) mass is 450 g/mol. The molecule has 0 aromatic heterocycles. The largest absolute Gasteiger partial charge is 0.394 e. The van der Waals surface area contributed by atoms with Crippen molar-refractivity contribution in [3.8, 4) is 0 Å². The fraction of sp³-hybridized carbons (Fsp3) is 0.800. The molecular formula is C15H30O15. The summed E-state index contributed by atoms with van der Waals surface area (Å²) in [4.78, 5) is 29.9. The third kappa shape index (κ3) is 14.5. The Morgan fingerprint density at radius 1 is 0.600 bits per heavy atom. The number of carbonyl (C=O) groups excluding carboxylic acids is 3. The van der Waals surface area contributed by atoms with Gasteiger partial charge in [-0.3, -0.25) is 4.79 Å². The molecule has 15 nitrogen and oxygen atoms in total. The highest BCUT2D eigenvalue weighted by Gasteiger charge is 2.24. The zero-order chi connectivity index (χ0) is 24.4. The number of Topliss-reactive ketones (excluding diaryl/α,β-unsaturated/α-hetero) is 1. The normalized spacial score (nSPS) is 18.5. The molecule has 180 valence electrons. The summed E-state index contributed by atoms with van der Waals surface area (Å²) >= 11 is 0. The molecule has 8 atom stereocenters. The first kappa shape index (κ1) is 33.2. The van der Waals surface area contributed by atoms with Gasteiger partial charge in [0.05, 0.1) is 19.8 Å². The van der Waals surface area contributed by atoms with E-state index >= 15 is 0 Å². The fourth-order valence-corrected chi connectivity index (χ4v) is 1.24. The molecule has 0 aliphatic heterocycles. The van der Waals surface area contributed by atoms with Crippen LogP contribution in [0.5, 0.6) is 0 Å². The molecule has 0 aromatic rings. The van der Waals surface area contributed by atoms with Gasteiger partial charge in [0.1, 0.15) is 55.4 Å². The van der Waals surface area contributed by atoms with Crippen molar-refractivity contribution in [2.75, 3.05) is 26.4 Å². The van der Waals surface area contributed by atoms with Crippen LogP contribution in [0.3, 0.4) is 0 Å². The highest BCUT2D eigenvalue weighted by Crippen LogP contribution is 1.97. The van der Waals surface area contributed by atoms with Crippen molar-refractivity contribution in [1.29, 1.82) is 0 Å². The van der Waals surface area contributed by atoms with E-state index in [0.717, 1.165) is 0 Å². The van der Waals surface area contributed by atoms with Crippen LogP contribution in [0, 0.1) is 0 Å². The summed E-state index contributed by atoms with van der Waals surface area (Å²) in [5.74, 6) is -0.901. The van der Waals surface area contributed by atoms with Crippen LogP contribution in [0.2, 0.25) is 0 Å². The van der Waals surface area contributed by atoms with Gasteiger partial charge in [0.15, 0.2) is 18.4 Å². The van der Waals surface area contributed by atoms with Crippen molar-refractivity contribution in [3.05, 3.63) is 0 Å². The van der Waals surface area contributed by atoms with Crippen LogP contribution in [0.4, 0.5) is 0 Å². The van der Waals surface area contributed by atoms with E-state index in [9.17, 15) is 14.4 Å². The van der Waals surface area contributed by atoms with Crippen LogP contribution in [0.25, 0.3) is 0 Å². The predicted molar refractivity (Wildman–Crippen MR) is 93.5 cm³/mol. The molecule has 15 heteroatoms. The van der Waals surface area contributed by atoms with Gasteiger partial charge >= 0.3 is 0 Å². The van der Waals surface area contributed by atoms with E-state index in [4.69, 9.17) is 61.3 Å². The second kappa shape index (κ2) is 19.5. The van der Waals surface area contributed by atoms with Gasteiger partial charge in [-0.1, -0.05) is 0 Å². The second-order valence-corrected chi connectivity index (χ2v) is 5.55. The third-order valence-electron chi connectivity index (χ3n) is 3.18. The van der Waals surface area contributed by atoms with E-state index in [1.54, 1.807) is 0 Å². The number of aliphatic hydroxyl groups excluding tert-OH is 12. The summed E-state index contributed by atoms with van der Waals surface area (Å²) in [6, 6.07) is 0. The number of aliphatic hydroxyl groups is 12. The summed E-state index contributed by atoms with van der Waals surface area (Å²) < 4.78 is 0. The van der Waals surface area contributed by atoms with Crippen molar-refractivity contribution in [2.45, 2.75) is 48.8 Å². The van der Waals surface area contributed by atoms with Crippen molar-refractivity contribution in [3.63, 3.8) is 0 Å². The summed E-state index contributed by atoms with van der Waals surface area (Å²) in [7, 11) is 0. The molecule has 0 aromatic carbocycles. The van der Waals surface area contributed by atoms with Crippen LogP contribution in [0.15, 0.2) is 0 Å².